The molecule has 0 spiro atoms. The molecule has 0 amide bonds. The fourth-order valence-electron chi connectivity index (χ4n) is 2.13. The Morgan fingerprint density at radius 2 is 2.06 bits per heavy atom. The molecule has 3 heteroatoms. The Bertz CT molecular complexity index is 569. The summed E-state index contributed by atoms with van der Waals surface area (Å²) in [6, 6.07) is 4.00. The zero-order chi connectivity index (χ0) is 11.9. The van der Waals surface area contributed by atoms with Crippen molar-refractivity contribution in [1.82, 2.24) is 4.57 Å². The van der Waals surface area contributed by atoms with Crippen molar-refractivity contribution in [2.24, 2.45) is 0 Å². The average Bonchev–Trinajstić information content (AvgIpc) is 2.56. The van der Waals surface area contributed by atoms with Crippen LogP contribution >= 0.6 is 11.6 Å². The topological polar surface area (TPSA) is 22.0 Å². The third-order valence-electron chi connectivity index (χ3n) is 3.16. The fourth-order valence-corrected chi connectivity index (χ4v) is 2.48. The Kier molecular flexibility index (Phi) is 2.76. The highest BCUT2D eigenvalue weighted by Crippen LogP contribution is 2.32. The van der Waals surface area contributed by atoms with Gasteiger partial charge in [0.25, 0.3) is 0 Å². The lowest BCUT2D eigenvalue weighted by Gasteiger charge is -2.07. The molecule has 0 atom stereocenters. The van der Waals surface area contributed by atoms with Gasteiger partial charge in [-0.05, 0) is 31.9 Å². The van der Waals surface area contributed by atoms with E-state index in [1.165, 1.54) is 11.1 Å². The van der Waals surface area contributed by atoms with Crippen LogP contribution in [0.15, 0.2) is 12.1 Å². The molecule has 1 aromatic heterocycles. The van der Waals surface area contributed by atoms with Crippen LogP contribution in [0.25, 0.3) is 10.9 Å². The van der Waals surface area contributed by atoms with Crippen LogP contribution in [0.1, 0.15) is 28.4 Å². The zero-order valence-corrected chi connectivity index (χ0v) is 10.4. The number of aldehydes is 1. The van der Waals surface area contributed by atoms with E-state index in [1.807, 2.05) is 23.6 Å². The van der Waals surface area contributed by atoms with E-state index in [0.29, 0.717) is 10.7 Å². The lowest BCUT2D eigenvalue weighted by molar-refractivity contribution is 0.112. The summed E-state index contributed by atoms with van der Waals surface area (Å²) in [5, 5.41) is 1.49. The van der Waals surface area contributed by atoms with Gasteiger partial charge in [-0.2, -0.15) is 0 Å². The highest BCUT2D eigenvalue weighted by atomic mass is 35.5. The van der Waals surface area contributed by atoms with Crippen LogP contribution in [-0.4, -0.2) is 10.9 Å². The monoisotopic (exact) mass is 235 g/mol. The van der Waals surface area contributed by atoms with Crippen molar-refractivity contribution >= 4 is 28.8 Å². The van der Waals surface area contributed by atoms with Crippen LogP contribution in [0, 0.1) is 13.8 Å². The molecule has 0 bridgehead atoms. The van der Waals surface area contributed by atoms with Crippen LogP contribution < -0.4 is 0 Å². The van der Waals surface area contributed by atoms with Gasteiger partial charge in [-0.25, -0.2) is 0 Å². The predicted octanol–water partition coefficient (Wildman–Crippen LogP) is 3.74. The molecule has 0 aliphatic heterocycles. The summed E-state index contributed by atoms with van der Waals surface area (Å²) in [6.45, 7) is 6.93. The first-order chi connectivity index (χ1) is 7.61. The van der Waals surface area contributed by atoms with Crippen LogP contribution in [0.5, 0.6) is 0 Å². The molecular weight excluding hydrogens is 222 g/mol. The zero-order valence-electron chi connectivity index (χ0n) is 9.67. The minimum absolute atomic E-state index is 0.543. The summed E-state index contributed by atoms with van der Waals surface area (Å²) in [6.07, 6.45) is 0.839. The summed E-state index contributed by atoms with van der Waals surface area (Å²) < 4.78 is 1.99. The summed E-state index contributed by atoms with van der Waals surface area (Å²) in [5.41, 5.74) is 4.08. The Labute approximate surface area is 99.8 Å². The summed E-state index contributed by atoms with van der Waals surface area (Å²) in [5.74, 6) is 0. The molecule has 0 saturated carbocycles. The van der Waals surface area contributed by atoms with Gasteiger partial charge in [0.1, 0.15) is 5.15 Å². The van der Waals surface area contributed by atoms with Crippen LogP contribution in [0.2, 0.25) is 5.15 Å². The Balaban J connectivity index is 3.00. The molecule has 2 nitrogen and oxygen atoms in total. The van der Waals surface area contributed by atoms with E-state index in [2.05, 4.69) is 13.8 Å². The Morgan fingerprint density at radius 3 is 2.62 bits per heavy atom. The third-order valence-corrected chi connectivity index (χ3v) is 3.56. The predicted molar refractivity (Wildman–Crippen MR) is 67.5 cm³/mol. The van der Waals surface area contributed by atoms with Gasteiger partial charge < -0.3 is 4.57 Å². The molecule has 0 N–H and O–H groups in total. The normalized spacial score (nSPS) is 11.0. The molecular formula is C13H14ClNO. The van der Waals surface area contributed by atoms with E-state index in [4.69, 9.17) is 11.6 Å². The number of nitrogens with zero attached hydrogens (tertiary/aromatic N) is 1. The number of aromatic nitrogens is 1. The molecule has 2 rings (SSSR count). The SMILES string of the molecule is CCn1c(Cl)c(C=O)c2ccc(C)c(C)c21. The molecule has 0 radical (unpaired) electrons. The van der Waals surface area contributed by atoms with Gasteiger partial charge in [0.15, 0.2) is 6.29 Å². The molecule has 2 aromatic rings. The average molecular weight is 236 g/mol. The number of rotatable bonds is 2. The maximum absolute atomic E-state index is 11.1. The van der Waals surface area contributed by atoms with Crippen molar-refractivity contribution in [3.05, 3.63) is 34.0 Å². The molecule has 1 heterocycles. The lowest BCUT2D eigenvalue weighted by Crippen LogP contribution is -1.96. The number of halogens is 1. The van der Waals surface area contributed by atoms with E-state index in [-0.39, 0.29) is 0 Å². The second-order valence-electron chi connectivity index (χ2n) is 3.97. The van der Waals surface area contributed by atoms with Crippen molar-refractivity contribution in [2.75, 3.05) is 0 Å². The van der Waals surface area contributed by atoms with Gasteiger partial charge in [-0.1, -0.05) is 23.7 Å². The first-order valence-electron chi connectivity index (χ1n) is 5.34. The van der Waals surface area contributed by atoms with E-state index in [0.717, 1.165) is 23.7 Å². The molecule has 0 aliphatic carbocycles. The van der Waals surface area contributed by atoms with Gasteiger partial charge in [0, 0.05) is 11.9 Å². The van der Waals surface area contributed by atoms with Crippen molar-refractivity contribution in [2.45, 2.75) is 27.3 Å². The van der Waals surface area contributed by atoms with Gasteiger partial charge in [0.05, 0.1) is 11.1 Å². The van der Waals surface area contributed by atoms with Crippen LogP contribution in [-0.2, 0) is 6.54 Å². The van der Waals surface area contributed by atoms with E-state index >= 15 is 0 Å². The highest BCUT2D eigenvalue weighted by Gasteiger charge is 2.16. The van der Waals surface area contributed by atoms with Gasteiger partial charge >= 0.3 is 0 Å². The van der Waals surface area contributed by atoms with Crippen molar-refractivity contribution in [3.8, 4) is 0 Å². The van der Waals surface area contributed by atoms with Gasteiger partial charge in [-0.3, -0.25) is 4.79 Å². The molecule has 16 heavy (non-hydrogen) atoms. The second-order valence-corrected chi connectivity index (χ2v) is 4.33. The minimum Gasteiger partial charge on any atom is -0.331 e. The number of hydrogen-bond donors (Lipinski definition) is 0. The standard InChI is InChI=1S/C13H14ClNO/c1-4-15-12-9(3)8(2)5-6-10(12)11(7-16)13(15)14/h5-7H,4H2,1-3H3. The molecule has 0 aliphatic rings. The lowest BCUT2D eigenvalue weighted by atomic mass is 10.1. The van der Waals surface area contributed by atoms with Crippen molar-refractivity contribution in [1.29, 1.82) is 0 Å². The molecule has 0 saturated heterocycles. The van der Waals surface area contributed by atoms with E-state index in [9.17, 15) is 4.79 Å². The number of fused-ring (bicyclic) bond motifs is 1. The van der Waals surface area contributed by atoms with Crippen LogP contribution in [0.4, 0.5) is 0 Å². The molecule has 0 unspecified atom stereocenters. The maximum Gasteiger partial charge on any atom is 0.153 e. The third kappa shape index (κ3) is 1.37. The number of benzene rings is 1. The van der Waals surface area contributed by atoms with E-state index < -0.39 is 0 Å². The second kappa shape index (κ2) is 3.95. The van der Waals surface area contributed by atoms with Gasteiger partial charge in [0.2, 0.25) is 0 Å². The maximum atomic E-state index is 11.1. The van der Waals surface area contributed by atoms with E-state index in [1.54, 1.807) is 0 Å². The number of carbonyl (C=O) groups is 1. The molecule has 1 aromatic carbocycles. The van der Waals surface area contributed by atoms with Crippen molar-refractivity contribution < 1.29 is 4.79 Å². The van der Waals surface area contributed by atoms with Crippen molar-refractivity contribution in [3.63, 3.8) is 0 Å². The Hall–Kier alpha value is -1.28. The first kappa shape index (κ1) is 11.2. The number of aryl methyl sites for hydroxylation is 3. The first-order valence-corrected chi connectivity index (χ1v) is 5.72. The smallest absolute Gasteiger partial charge is 0.153 e. The fraction of sp³-hybridized carbons (Fsp3) is 0.308. The summed E-state index contributed by atoms with van der Waals surface area (Å²) in [4.78, 5) is 11.1. The number of hydrogen-bond acceptors (Lipinski definition) is 1. The molecule has 0 fully saturated rings. The Morgan fingerprint density at radius 1 is 1.38 bits per heavy atom. The van der Waals surface area contributed by atoms with Gasteiger partial charge in [-0.15, -0.1) is 0 Å². The number of carbonyl (C=O) groups excluding carboxylic acids is 1. The quantitative estimate of drug-likeness (QED) is 0.727. The molecule has 84 valence electrons. The summed E-state index contributed by atoms with van der Waals surface area (Å²) in [7, 11) is 0. The highest BCUT2D eigenvalue weighted by molar-refractivity contribution is 6.34. The van der Waals surface area contributed by atoms with Crippen LogP contribution in [0.3, 0.4) is 0 Å². The summed E-state index contributed by atoms with van der Waals surface area (Å²) >= 11 is 6.21. The largest absolute Gasteiger partial charge is 0.331 e. The minimum atomic E-state index is 0.543.